The van der Waals surface area contributed by atoms with Crippen molar-refractivity contribution in [2.24, 2.45) is 0 Å². The van der Waals surface area contributed by atoms with Crippen molar-refractivity contribution in [1.29, 1.82) is 5.26 Å². The molecule has 80 valence electrons. The summed E-state index contributed by atoms with van der Waals surface area (Å²) in [6.45, 7) is 1.39. The number of nitriles is 1. The van der Waals surface area contributed by atoms with Crippen molar-refractivity contribution in [1.82, 2.24) is 4.98 Å². The third-order valence-corrected chi connectivity index (χ3v) is 1.88. The number of nitrogens with zero attached hydrogens (tertiary/aromatic N) is 2. The zero-order chi connectivity index (χ0) is 11.3. The fourth-order valence-electron chi connectivity index (χ4n) is 0.901. The summed E-state index contributed by atoms with van der Waals surface area (Å²) in [5, 5.41) is 29.7. The Kier molecular flexibility index (Phi) is 3.61. The Morgan fingerprint density at radius 2 is 2.33 bits per heavy atom. The van der Waals surface area contributed by atoms with Gasteiger partial charge in [-0.25, -0.2) is 4.98 Å². The number of aliphatic hydroxyl groups excluding tert-OH is 1. The Morgan fingerprint density at radius 3 is 2.80 bits per heavy atom. The molecule has 1 atom stereocenters. The van der Waals surface area contributed by atoms with E-state index < -0.39 is 5.60 Å². The third kappa shape index (κ3) is 3.54. The van der Waals surface area contributed by atoms with Gasteiger partial charge < -0.3 is 15.5 Å². The van der Waals surface area contributed by atoms with Crippen LogP contribution in [0.15, 0.2) is 18.3 Å². The van der Waals surface area contributed by atoms with Crippen molar-refractivity contribution in [3.05, 3.63) is 23.9 Å². The zero-order valence-corrected chi connectivity index (χ0v) is 8.44. The van der Waals surface area contributed by atoms with Crippen LogP contribution >= 0.6 is 0 Å². The smallest absolute Gasteiger partial charge is 0.126 e. The van der Waals surface area contributed by atoms with Crippen LogP contribution in [0.5, 0.6) is 0 Å². The lowest BCUT2D eigenvalue weighted by atomic mass is 10.1. The van der Waals surface area contributed by atoms with Crippen LogP contribution in [0.3, 0.4) is 0 Å². The van der Waals surface area contributed by atoms with Gasteiger partial charge in [0.1, 0.15) is 17.5 Å². The van der Waals surface area contributed by atoms with E-state index in [-0.39, 0.29) is 13.2 Å². The van der Waals surface area contributed by atoms with Crippen molar-refractivity contribution in [3.63, 3.8) is 0 Å². The van der Waals surface area contributed by atoms with Crippen LogP contribution in [-0.4, -0.2) is 33.9 Å². The molecule has 0 aliphatic heterocycles. The van der Waals surface area contributed by atoms with Crippen LogP contribution in [0.25, 0.3) is 0 Å². The van der Waals surface area contributed by atoms with E-state index in [0.717, 1.165) is 0 Å². The van der Waals surface area contributed by atoms with E-state index in [1.54, 1.807) is 12.1 Å². The quantitative estimate of drug-likeness (QED) is 0.652. The van der Waals surface area contributed by atoms with E-state index in [1.165, 1.54) is 13.1 Å². The predicted octanol–water partition coefficient (Wildman–Crippen LogP) is 0.108. The van der Waals surface area contributed by atoms with Crippen LogP contribution in [0, 0.1) is 11.3 Å². The fraction of sp³-hybridized carbons (Fsp3) is 0.400. The van der Waals surface area contributed by atoms with Crippen molar-refractivity contribution in [2.75, 3.05) is 18.5 Å². The maximum absolute atomic E-state index is 9.49. The molecule has 1 unspecified atom stereocenters. The van der Waals surface area contributed by atoms with E-state index in [9.17, 15) is 5.11 Å². The second-order valence-electron chi connectivity index (χ2n) is 3.55. The largest absolute Gasteiger partial charge is 0.393 e. The second-order valence-corrected chi connectivity index (χ2v) is 3.55. The molecule has 15 heavy (non-hydrogen) atoms. The summed E-state index contributed by atoms with van der Waals surface area (Å²) in [6, 6.07) is 5.23. The number of hydrogen-bond acceptors (Lipinski definition) is 5. The Balaban J connectivity index is 2.56. The Bertz CT molecular complexity index is 354. The summed E-state index contributed by atoms with van der Waals surface area (Å²) in [5.41, 5.74) is -0.690. The van der Waals surface area contributed by atoms with Crippen LogP contribution in [0.1, 0.15) is 12.5 Å². The molecule has 0 radical (unpaired) electrons. The Hall–Kier alpha value is -1.64. The maximum atomic E-state index is 9.49. The summed E-state index contributed by atoms with van der Waals surface area (Å²) in [4.78, 5) is 3.96. The molecule has 0 spiro atoms. The lowest BCUT2D eigenvalue weighted by Crippen LogP contribution is -2.37. The summed E-state index contributed by atoms with van der Waals surface area (Å²) in [6.07, 6.45) is 1.44. The lowest BCUT2D eigenvalue weighted by molar-refractivity contribution is 0.0132. The van der Waals surface area contributed by atoms with Crippen molar-refractivity contribution < 1.29 is 10.2 Å². The van der Waals surface area contributed by atoms with Crippen molar-refractivity contribution in [3.8, 4) is 6.07 Å². The van der Waals surface area contributed by atoms with Gasteiger partial charge in [0.15, 0.2) is 0 Å². The van der Waals surface area contributed by atoms with Gasteiger partial charge >= 0.3 is 0 Å². The van der Waals surface area contributed by atoms with Gasteiger partial charge in [-0.15, -0.1) is 0 Å². The summed E-state index contributed by atoms with van der Waals surface area (Å²) < 4.78 is 0. The van der Waals surface area contributed by atoms with E-state index in [0.29, 0.717) is 11.4 Å². The number of hydrogen-bond donors (Lipinski definition) is 3. The highest BCUT2D eigenvalue weighted by molar-refractivity contribution is 5.39. The molecule has 3 N–H and O–H groups in total. The van der Waals surface area contributed by atoms with Gasteiger partial charge in [-0.1, -0.05) is 0 Å². The Labute approximate surface area is 88.0 Å². The van der Waals surface area contributed by atoms with Crippen LogP contribution in [0.4, 0.5) is 5.82 Å². The van der Waals surface area contributed by atoms with Gasteiger partial charge in [0, 0.05) is 12.7 Å². The molecule has 1 rings (SSSR count). The normalized spacial score (nSPS) is 14.0. The highest BCUT2D eigenvalue weighted by Crippen LogP contribution is 2.07. The summed E-state index contributed by atoms with van der Waals surface area (Å²) in [7, 11) is 0. The first kappa shape index (κ1) is 11.4. The minimum absolute atomic E-state index is 0.197. The number of aromatic nitrogens is 1. The Morgan fingerprint density at radius 1 is 1.60 bits per heavy atom. The van der Waals surface area contributed by atoms with Crippen LogP contribution in [-0.2, 0) is 0 Å². The molecule has 1 aromatic heterocycles. The molecule has 0 aromatic carbocycles. The number of anilines is 1. The SMILES string of the molecule is CC(O)(CO)CNc1ccc(C#N)cn1. The van der Waals surface area contributed by atoms with Gasteiger partial charge in [0.25, 0.3) is 0 Å². The molecule has 0 fully saturated rings. The van der Waals surface area contributed by atoms with E-state index in [4.69, 9.17) is 10.4 Å². The fourth-order valence-corrected chi connectivity index (χ4v) is 0.901. The standard InChI is InChI=1S/C10H13N3O2/c1-10(15,7-14)6-13-9-3-2-8(4-11)5-12-9/h2-3,5,14-15H,6-7H2,1H3,(H,12,13). The van der Waals surface area contributed by atoms with Crippen molar-refractivity contribution >= 4 is 5.82 Å². The van der Waals surface area contributed by atoms with E-state index in [1.807, 2.05) is 6.07 Å². The van der Waals surface area contributed by atoms with Gasteiger partial charge in [-0.3, -0.25) is 0 Å². The number of rotatable bonds is 4. The second kappa shape index (κ2) is 4.73. The molecule has 0 aliphatic rings. The summed E-state index contributed by atoms with van der Waals surface area (Å²) >= 11 is 0. The van der Waals surface area contributed by atoms with Gasteiger partial charge in [0.05, 0.1) is 12.2 Å². The molecule has 0 bridgehead atoms. The minimum Gasteiger partial charge on any atom is -0.393 e. The average Bonchev–Trinajstić information content (AvgIpc) is 2.27. The van der Waals surface area contributed by atoms with Gasteiger partial charge in [0.2, 0.25) is 0 Å². The number of aliphatic hydroxyl groups is 2. The molecular weight excluding hydrogens is 194 g/mol. The monoisotopic (exact) mass is 207 g/mol. The van der Waals surface area contributed by atoms with E-state index >= 15 is 0 Å². The summed E-state index contributed by atoms with van der Waals surface area (Å²) in [5.74, 6) is 0.558. The lowest BCUT2D eigenvalue weighted by Gasteiger charge is -2.20. The molecule has 1 heterocycles. The molecule has 1 aromatic rings. The zero-order valence-electron chi connectivity index (χ0n) is 8.44. The number of pyridine rings is 1. The predicted molar refractivity (Wildman–Crippen MR) is 55.2 cm³/mol. The van der Waals surface area contributed by atoms with Crippen LogP contribution < -0.4 is 5.32 Å². The van der Waals surface area contributed by atoms with Crippen molar-refractivity contribution in [2.45, 2.75) is 12.5 Å². The highest BCUT2D eigenvalue weighted by Gasteiger charge is 2.18. The third-order valence-electron chi connectivity index (χ3n) is 1.88. The highest BCUT2D eigenvalue weighted by atomic mass is 16.3. The molecule has 0 aliphatic carbocycles. The van der Waals surface area contributed by atoms with Crippen LogP contribution in [0.2, 0.25) is 0 Å². The molecule has 5 nitrogen and oxygen atoms in total. The van der Waals surface area contributed by atoms with Gasteiger partial charge in [-0.2, -0.15) is 5.26 Å². The molecule has 0 amide bonds. The first-order valence-electron chi connectivity index (χ1n) is 4.51. The minimum atomic E-state index is -1.17. The molecular formula is C10H13N3O2. The molecule has 0 saturated heterocycles. The molecule has 0 saturated carbocycles. The maximum Gasteiger partial charge on any atom is 0.126 e. The first-order valence-corrected chi connectivity index (χ1v) is 4.51. The topological polar surface area (TPSA) is 89.2 Å². The average molecular weight is 207 g/mol. The molecule has 5 heteroatoms. The van der Waals surface area contributed by atoms with E-state index in [2.05, 4.69) is 10.3 Å². The number of nitrogens with one attached hydrogen (secondary N) is 1. The van der Waals surface area contributed by atoms with Gasteiger partial charge in [-0.05, 0) is 19.1 Å². The first-order chi connectivity index (χ1) is 7.07.